The lowest BCUT2D eigenvalue weighted by atomic mass is 10.2. The lowest BCUT2D eigenvalue weighted by molar-refractivity contribution is -0.113. The molecular weight excluding hydrogens is 474 g/mol. The number of anilines is 1. The highest BCUT2D eigenvalue weighted by Crippen LogP contribution is 2.40. The van der Waals surface area contributed by atoms with E-state index in [-0.39, 0.29) is 12.7 Å². The van der Waals surface area contributed by atoms with Gasteiger partial charge >= 0.3 is 5.97 Å². The van der Waals surface area contributed by atoms with Crippen LogP contribution in [0.2, 0.25) is 0 Å². The second-order valence-corrected chi connectivity index (χ2v) is 8.92. The van der Waals surface area contributed by atoms with Crippen molar-refractivity contribution in [2.75, 3.05) is 18.8 Å². The standard InChI is InChI=1S/C25H17NO6S2/c1-29-18-9-4-16(5-10-18)24(28)32-19-7-2-15(3-8-19)12-22-23(27)26(25(33)34-22)17-6-11-20-21(13-17)31-14-30-20/h2-13H,14H2,1H3/b22-12+. The average Bonchev–Trinajstić information content (AvgIpc) is 3.43. The molecule has 5 rings (SSSR count). The molecule has 3 aromatic carbocycles. The molecule has 0 saturated carbocycles. The summed E-state index contributed by atoms with van der Waals surface area (Å²) >= 11 is 6.66. The molecule has 170 valence electrons. The summed E-state index contributed by atoms with van der Waals surface area (Å²) in [4.78, 5) is 27.3. The van der Waals surface area contributed by atoms with Crippen LogP contribution in [-0.2, 0) is 4.79 Å². The maximum atomic E-state index is 13.0. The minimum Gasteiger partial charge on any atom is -0.497 e. The number of nitrogens with zero attached hydrogens (tertiary/aromatic N) is 1. The third kappa shape index (κ3) is 4.35. The minimum atomic E-state index is -0.472. The number of ether oxygens (including phenoxy) is 4. The van der Waals surface area contributed by atoms with E-state index in [0.29, 0.717) is 43.5 Å². The molecule has 1 saturated heterocycles. The number of fused-ring (bicyclic) bond motifs is 1. The van der Waals surface area contributed by atoms with Gasteiger partial charge in [0.15, 0.2) is 15.8 Å². The highest BCUT2D eigenvalue weighted by molar-refractivity contribution is 8.27. The van der Waals surface area contributed by atoms with E-state index in [0.717, 1.165) is 5.56 Å². The summed E-state index contributed by atoms with van der Waals surface area (Å²) in [6.45, 7) is 0.155. The van der Waals surface area contributed by atoms with Gasteiger partial charge in [-0.3, -0.25) is 9.69 Å². The van der Waals surface area contributed by atoms with Crippen LogP contribution in [0.3, 0.4) is 0 Å². The van der Waals surface area contributed by atoms with E-state index < -0.39 is 5.97 Å². The Kier molecular flexibility index (Phi) is 5.95. The van der Waals surface area contributed by atoms with Crippen molar-refractivity contribution in [2.24, 2.45) is 0 Å². The van der Waals surface area contributed by atoms with Gasteiger partial charge in [0.2, 0.25) is 6.79 Å². The van der Waals surface area contributed by atoms with Crippen molar-refractivity contribution < 1.29 is 28.5 Å². The molecule has 0 spiro atoms. The van der Waals surface area contributed by atoms with Gasteiger partial charge in [-0.25, -0.2) is 4.79 Å². The highest BCUT2D eigenvalue weighted by Gasteiger charge is 2.34. The molecule has 7 nitrogen and oxygen atoms in total. The molecule has 0 radical (unpaired) electrons. The number of methoxy groups -OCH3 is 1. The number of rotatable bonds is 5. The smallest absolute Gasteiger partial charge is 0.343 e. The molecule has 9 heteroatoms. The zero-order valence-electron chi connectivity index (χ0n) is 17.8. The van der Waals surface area contributed by atoms with Crippen LogP contribution in [0.4, 0.5) is 5.69 Å². The number of carbonyl (C=O) groups excluding carboxylic acids is 2. The van der Waals surface area contributed by atoms with Crippen LogP contribution in [0.1, 0.15) is 15.9 Å². The molecule has 2 aliphatic rings. The zero-order valence-corrected chi connectivity index (χ0v) is 19.5. The number of benzene rings is 3. The fraction of sp³-hybridized carbons (Fsp3) is 0.0800. The number of amides is 1. The summed E-state index contributed by atoms with van der Waals surface area (Å²) in [7, 11) is 1.56. The van der Waals surface area contributed by atoms with Gasteiger partial charge in [0.1, 0.15) is 11.5 Å². The summed E-state index contributed by atoms with van der Waals surface area (Å²) in [5, 5.41) is 0. The third-order valence-electron chi connectivity index (χ3n) is 5.12. The lowest BCUT2D eigenvalue weighted by Gasteiger charge is -2.14. The Morgan fingerprint density at radius 1 is 1.00 bits per heavy atom. The van der Waals surface area contributed by atoms with Gasteiger partial charge in [-0.05, 0) is 60.2 Å². The normalized spacial score (nSPS) is 15.7. The molecule has 0 aliphatic carbocycles. The Balaban J connectivity index is 1.28. The molecule has 0 aromatic heterocycles. The second kappa shape index (κ2) is 9.20. The monoisotopic (exact) mass is 491 g/mol. The fourth-order valence-corrected chi connectivity index (χ4v) is 4.69. The predicted molar refractivity (Wildman–Crippen MR) is 133 cm³/mol. The van der Waals surface area contributed by atoms with Crippen molar-refractivity contribution in [3.05, 3.63) is 82.8 Å². The number of hydrogen-bond donors (Lipinski definition) is 0. The molecule has 1 amide bonds. The quantitative estimate of drug-likeness (QED) is 0.213. The molecule has 0 atom stereocenters. The zero-order chi connectivity index (χ0) is 23.7. The number of thiocarbonyl (C=S) groups is 1. The van der Waals surface area contributed by atoms with E-state index in [9.17, 15) is 9.59 Å². The number of carbonyl (C=O) groups is 2. The van der Waals surface area contributed by atoms with Crippen LogP contribution in [0.25, 0.3) is 6.08 Å². The van der Waals surface area contributed by atoms with E-state index in [1.807, 2.05) is 0 Å². The van der Waals surface area contributed by atoms with E-state index in [1.54, 1.807) is 79.9 Å². The summed E-state index contributed by atoms with van der Waals surface area (Å²) < 4.78 is 21.7. The maximum Gasteiger partial charge on any atom is 0.343 e. The first-order chi connectivity index (χ1) is 16.5. The van der Waals surface area contributed by atoms with Gasteiger partial charge in [-0.2, -0.15) is 0 Å². The molecule has 3 aromatic rings. The van der Waals surface area contributed by atoms with Gasteiger partial charge in [0.25, 0.3) is 5.91 Å². The van der Waals surface area contributed by atoms with Gasteiger partial charge < -0.3 is 18.9 Å². The first-order valence-corrected chi connectivity index (χ1v) is 11.4. The van der Waals surface area contributed by atoms with Gasteiger partial charge in [0.05, 0.1) is 23.3 Å². The van der Waals surface area contributed by atoms with Crippen LogP contribution >= 0.6 is 24.0 Å². The Hall–Kier alpha value is -3.82. The fourth-order valence-electron chi connectivity index (χ4n) is 3.39. The Morgan fingerprint density at radius 2 is 1.71 bits per heavy atom. The van der Waals surface area contributed by atoms with Crippen molar-refractivity contribution in [3.63, 3.8) is 0 Å². The van der Waals surface area contributed by atoms with Gasteiger partial charge in [-0.15, -0.1) is 0 Å². The average molecular weight is 492 g/mol. The first kappa shape index (κ1) is 22.0. The van der Waals surface area contributed by atoms with Crippen molar-refractivity contribution in [3.8, 4) is 23.0 Å². The van der Waals surface area contributed by atoms with E-state index in [1.165, 1.54) is 16.7 Å². The number of thioether (sulfide) groups is 1. The molecule has 0 N–H and O–H groups in total. The second-order valence-electron chi connectivity index (χ2n) is 7.24. The Morgan fingerprint density at radius 3 is 2.44 bits per heavy atom. The summed E-state index contributed by atoms with van der Waals surface area (Å²) in [5.41, 5.74) is 1.81. The van der Waals surface area contributed by atoms with Crippen molar-refractivity contribution in [2.45, 2.75) is 0 Å². The van der Waals surface area contributed by atoms with Crippen LogP contribution in [0.15, 0.2) is 71.6 Å². The number of esters is 1. The van der Waals surface area contributed by atoms with Crippen molar-refractivity contribution in [1.29, 1.82) is 0 Å². The van der Waals surface area contributed by atoms with E-state index in [2.05, 4.69) is 0 Å². The summed E-state index contributed by atoms with van der Waals surface area (Å²) in [6.07, 6.45) is 1.75. The molecule has 0 unspecified atom stereocenters. The SMILES string of the molecule is COc1ccc(C(=O)Oc2ccc(/C=C3/SC(=S)N(c4ccc5c(c4)OCO5)C3=O)cc2)cc1. The van der Waals surface area contributed by atoms with Crippen LogP contribution in [0.5, 0.6) is 23.0 Å². The van der Waals surface area contributed by atoms with Crippen LogP contribution in [0, 0.1) is 0 Å². The summed E-state index contributed by atoms with van der Waals surface area (Å²) in [6, 6.07) is 18.8. The van der Waals surface area contributed by atoms with Crippen LogP contribution < -0.4 is 23.8 Å². The Labute approximate surface area is 204 Å². The van der Waals surface area contributed by atoms with Crippen molar-refractivity contribution >= 4 is 51.9 Å². The predicted octanol–water partition coefficient (Wildman–Crippen LogP) is 5.05. The first-order valence-electron chi connectivity index (χ1n) is 10.2. The molecule has 2 heterocycles. The molecular formula is C25H17NO6S2. The van der Waals surface area contributed by atoms with Gasteiger partial charge in [0, 0.05) is 6.07 Å². The third-order valence-corrected chi connectivity index (χ3v) is 6.42. The highest BCUT2D eigenvalue weighted by atomic mass is 32.2. The van der Waals surface area contributed by atoms with E-state index in [4.69, 9.17) is 31.2 Å². The number of hydrogen-bond acceptors (Lipinski definition) is 8. The lowest BCUT2D eigenvalue weighted by Crippen LogP contribution is -2.27. The summed E-state index contributed by atoms with van der Waals surface area (Å²) in [5.74, 6) is 1.58. The molecule has 2 aliphatic heterocycles. The maximum absolute atomic E-state index is 13.0. The largest absolute Gasteiger partial charge is 0.497 e. The molecule has 34 heavy (non-hydrogen) atoms. The topological polar surface area (TPSA) is 74.3 Å². The van der Waals surface area contributed by atoms with Gasteiger partial charge in [-0.1, -0.05) is 36.1 Å². The molecule has 1 fully saturated rings. The molecule has 0 bridgehead atoms. The van der Waals surface area contributed by atoms with Crippen molar-refractivity contribution in [1.82, 2.24) is 0 Å². The van der Waals surface area contributed by atoms with Crippen LogP contribution in [-0.4, -0.2) is 30.1 Å². The van der Waals surface area contributed by atoms with E-state index >= 15 is 0 Å². The minimum absolute atomic E-state index is 0.155. The Bertz CT molecular complexity index is 1320.